The number of nitrogens with zero attached hydrogens (tertiary/aromatic N) is 2. The zero-order chi connectivity index (χ0) is 13.5. The molecule has 0 bridgehead atoms. The minimum absolute atomic E-state index is 0.370. The Morgan fingerprint density at radius 3 is 2.00 bits per heavy atom. The predicted molar refractivity (Wildman–Crippen MR) is 76.0 cm³/mol. The Labute approximate surface area is 109 Å². The van der Waals surface area contributed by atoms with Crippen molar-refractivity contribution in [3.05, 3.63) is 29.8 Å². The van der Waals surface area contributed by atoms with E-state index in [1.165, 1.54) is 0 Å². The summed E-state index contributed by atoms with van der Waals surface area (Å²) in [5, 5.41) is 0. The fourth-order valence-corrected chi connectivity index (χ4v) is 1.90. The van der Waals surface area contributed by atoms with Crippen molar-refractivity contribution in [3.63, 3.8) is 0 Å². The van der Waals surface area contributed by atoms with Gasteiger partial charge >= 0.3 is 0 Å². The molecule has 2 N–H and O–H groups in total. The van der Waals surface area contributed by atoms with E-state index in [4.69, 9.17) is 5.73 Å². The molecule has 0 unspecified atom stereocenters. The molecule has 1 aromatic rings. The number of hydrogen-bond donors (Lipinski definition) is 1. The lowest BCUT2D eigenvalue weighted by molar-refractivity contribution is 0.100. The summed E-state index contributed by atoms with van der Waals surface area (Å²) in [6.45, 7) is 8.23. The molecule has 1 amide bonds. The summed E-state index contributed by atoms with van der Waals surface area (Å²) in [4.78, 5) is 15.6. The second-order valence-electron chi connectivity index (χ2n) is 4.20. The minimum Gasteiger partial charge on any atom is -0.369 e. The molecule has 1 saturated heterocycles. The smallest absolute Gasteiger partial charge is 0.248 e. The molecule has 2 rings (SSSR count). The van der Waals surface area contributed by atoms with Crippen molar-refractivity contribution in [2.45, 2.75) is 13.8 Å². The van der Waals surface area contributed by atoms with Crippen LogP contribution in [0.1, 0.15) is 24.2 Å². The fourth-order valence-electron chi connectivity index (χ4n) is 1.90. The lowest BCUT2D eigenvalue weighted by atomic mass is 10.1. The average molecular weight is 249 g/mol. The molecule has 1 aliphatic rings. The van der Waals surface area contributed by atoms with Crippen LogP contribution in [-0.2, 0) is 0 Å². The van der Waals surface area contributed by atoms with E-state index in [9.17, 15) is 4.79 Å². The molecule has 0 spiro atoms. The molecule has 1 aliphatic heterocycles. The summed E-state index contributed by atoms with van der Waals surface area (Å²) in [5.74, 6) is -0.370. The maximum Gasteiger partial charge on any atom is 0.248 e. The van der Waals surface area contributed by atoms with Gasteiger partial charge in [-0.1, -0.05) is 13.8 Å². The van der Waals surface area contributed by atoms with E-state index in [1.54, 1.807) is 12.1 Å². The third-order valence-electron chi connectivity index (χ3n) is 3.02. The van der Waals surface area contributed by atoms with Gasteiger partial charge in [0, 0.05) is 37.4 Å². The molecular formula is C14H23N3O. The maximum absolute atomic E-state index is 10.9. The van der Waals surface area contributed by atoms with E-state index in [0.717, 1.165) is 31.9 Å². The van der Waals surface area contributed by atoms with E-state index < -0.39 is 0 Å². The van der Waals surface area contributed by atoms with E-state index in [0.29, 0.717) is 5.56 Å². The number of piperazine rings is 1. The number of carbonyl (C=O) groups excluding carboxylic acids is 1. The van der Waals surface area contributed by atoms with Gasteiger partial charge in [-0.05, 0) is 31.3 Å². The summed E-state index contributed by atoms with van der Waals surface area (Å²) in [6, 6.07) is 7.50. The Morgan fingerprint density at radius 2 is 1.56 bits per heavy atom. The highest BCUT2D eigenvalue weighted by Gasteiger charge is 2.14. The summed E-state index contributed by atoms with van der Waals surface area (Å²) in [5.41, 5.74) is 6.93. The Kier molecular flexibility index (Phi) is 5.65. The molecule has 18 heavy (non-hydrogen) atoms. The van der Waals surface area contributed by atoms with Crippen molar-refractivity contribution in [2.75, 3.05) is 38.1 Å². The van der Waals surface area contributed by atoms with Crippen LogP contribution in [0, 0.1) is 0 Å². The van der Waals surface area contributed by atoms with Crippen molar-refractivity contribution in [3.8, 4) is 0 Å². The minimum atomic E-state index is -0.370. The first-order valence-electron chi connectivity index (χ1n) is 6.50. The third kappa shape index (κ3) is 3.74. The van der Waals surface area contributed by atoms with Gasteiger partial charge in [-0.25, -0.2) is 0 Å². The van der Waals surface area contributed by atoms with Gasteiger partial charge in [0.05, 0.1) is 0 Å². The highest BCUT2D eigenvalue weighted by atomic mass is 16.1. The van der Waals surface area contributed by atoms with Crippen molar-refractivity contribution in [1.82, 2.24) is 4.90 Å². The van der Waals surface area contributed by atoms with Crippen LogP contribution in [-0.4, -0.2) is 44.0 Å². The number of anilines is 1. The van der Waals surface area contributed by atoms with Gasteiger partial charge in [0.25, 0.3) is 0 Å². The molecule has 0 aromatic heterocycles. The summed E-state index contributed by atoms with van der Waals surface area (Å²) >= 11 is 0. The number of carbonyl (C=O) groups is 1. The zero-order valence-corrected chi connectivity index (χ0v) is 11.5. The van der Waals surface area contributed by atoms with Crippen LogP contribution in [0.25, 0.3) is 0 Å². The van der Waals surface area contributed by atoms with Crippen molar-refractivity contribution < 1.29 is 4.79 Å². The highest BCUT2D eigenvalue weighted by molar-refractivity contribution is 5.93. The van der Waals surface area contributed by atoms with Crippen molar-refractivity contribution >= 4 is 11.6 Å². The van der Waals surface area contributed by atoms with Gasteiger partial charge in [-0.3, -0.25) is 4.79 Å². The predicted octanol–water partition coefficient (Wildman–Crippen LogP) is 1.56. The van der Waals surface area contributed by atoms with Crippen LogP contribution in [0.3, 0.4) is 0 Å². The van der Waals surface area contributed by atoms with Crippen molar-refractivity contribution in [2.24, 2.45) is 5.73 Å². The molecular weight excluding hydrogens is 226 g/mol. The van der Waals surface area contributed by atoms with Gasteiger partial charge in [-0.15, -0.1) is 0 Å². The summed E-state index contributed by atoms with van der Waals surface area (Å²) in [7, 11) is 2.13. The molecule has 4 nitrogen and oxygen atoms in total. The quantitative estimate of drug-likeness (QED) is 0.865. The number of primary amides is 1. The van der Waals surface area contributed by atoms with Crippen LogP contribution in [0.4, 0.5) is 5.69 Å². The topological polar surface area (TPSA) is 49.6 Å². The Balaban J connectivity index is 0.000000771. The van der Waals surface area contributed by atoms with E-state index in [1.807, 2.05) is 26.0 Å². The van der Waals surface area contributed by atoms with Gasteiger partial charge < -0.3 is 15.5 Å². The van der Waals surface area contributed by atoms with Crippen LogP contribution >= 0.6 is 0 Å². The molecule has 0 atom stereocenters. The van der Waals surface area contributed by atoms with Crippen LogP contribution in [0.15, 0.2) is 24.3 Å². The van der Waals surface area contributed by atoms with Crippen LogP contribution in [0.2, 0.25) is 0 Å². The second-order valence-corrected chi connectivity index (χ2v) is 4.20. The maximum atomic E-state index is 10.9. The van der Waals surface area contributed by atoms with Crippen LogP contribution in [0.5, 0.6) is 0 Å². The lowest BCUT2D eigenvalue weighted by Crippen LogP contribution is -2.44. The molecule has 0 radical (unpaired) electrons. The number of amides is 1. The summed E-state index contributed by atoms with van der Waals surface area (Å²) < 4.78 is 0. The third-order valence-corrected chi connectivity index (χ3v) is 3.02. The van der Waals surface area contributed by atoms with Gasteiger partial charge in [-0.2, -0.15) is 0 Å². The fraction of sp³-hybridized carbons (Fsp3) is 0.500. The first-order chi connectivity index (χ1) is 8.66. The van der Waals surface area contributed by atoms with Gasteiger partial charge in [0.2, 0.25) is 5.91 Å². The lowest BCUT2D eigenvalue weighted by Gasteiger charge is -2.34. The van der Waals surface area contributed by atoms with Gasteiger partial charge in [0.1, 0.15) is 0 Å². The zero-order valence-electron chi connectivity index (χ0n) is 11.5. The second kappa shape index (κ2) is 7.01. The Morgan fingerprint density at radius 1 is 1.06 bits per heavy atom. The number of benzene rings is 1. The number of hydrogen-bond acceptors (Lipinski definition) is 3. The molecule has 1 fully saturated rings. The SMILES string of the molecule is CC.CN1CCN(c2ccc(C(N)=O)cc2)CC1. The first-order valence-corrected chi connectivity index (χ1v) is 6.50. The number of nitrogens with two attached hydrogens (primary N) is 1. The molecule has 4 heteroatoms. The Hall–Kier alpha value is -1.55. The van der Waals surface area contributed by atoms with Gasteiger partial charge in [0.15, 0.2) is 0 Å². The number of rotatable bonds is 2. The molecule has 1 aromatic carbocycles. The molecule has 100 valence electrons. The molecule has 0 saturated carbocycles. The summed E-state index contributed by atoms with van der Waals surface area (Å²) in [6.07, 6.45) is 0. The van der Waals surface area contributed by atoms with Crippen molar-refractivity contribution in [1.29, 1.82) is 0 Å². The first kappa shape index (κ1) is 14.5. The normalized spacial score (nSPS) is 15.8. The van der Waals surface area contributed by atoms with E-state index in [2.05, 4.69) is 16.8 Å². The Bertz CT molecular complexity index is 367. The van der Waals surface area contributed by atoms with E-state index >= 15 is 0 Å². The average Bonchev–Trinajstić information content (AvgIpc) is 2.42. The molecule has 1 heterocycles. The number of likely N-dealkylation sites (N-methyl/N-ethyl adjacent to an activating group) is 1. The van der Waals surface area contributed by atoms with E-state index in [-0.39, 0.29) is 5.91 Å². The monoisotopic (exact) mass is 249 g/mol. The standard InChI is InChI=1S/C12H17N3O.C2H6/c1-14-6-8-15(9-7-14)11-4-2-10(3-5-11)12(13)16;1-2/h2-5H,6-9H2,1H3,(H2,13,16);1-2H3. The highest BCUT2D eigenvalue weighted by Crippen LogP contribution is 2.16. The molecule has 0 aliphatic carbocycles. The van der Waals surface area contributed by atoms with Crippen LogP contribution < -0.4 is 10.6 Å². The largest absolute Gasteiger partial charge is 0.369 e.